The van der Waals surface area contributed by atoms with Gasteiger partial charge in [0.25, 0.3) is 0 Å². The molecule has 2 amide bonds. The molecule has 0 saturated carbocycles. The average Bonchev–Trinajstić information content (AvgIpc) is 2.64. The lowest BCUT2D eigenvalue weighted by molar-refractivity contribution is -0.149. The number of benzene rings is 1. The van der Waals surface area contributed by atoms with E-state index in [1.165, 1.54) is 0 Å². The Morgan fingerprint density at radius 2 is 1.56 bits per heavy atom. The van der Waals surface area contributed by atoms with Crippen LogP contribution in [0, 0.1) is 5.92 Å². The lowest BCUT2D eigenvalue weighted by Crippen LogP contribution is -2.41. The summed E-state index contributed by atoms with van der Waals surface area (Å²) < 4.78 is 5.06. The van der Waals surface area contributed by atoms with Crippen LogP contribution in [0.2, 0.25) is 0 Å². The Balaban J connectivity index is 1.74. The quantitative estimate of drug-likeness (QED) is 0.682. The molecule has 2 rings (SSSR count). The Morgan fingerprint density at radius 1 is 1.00 bits per heavy atom. The molecule has 0 unspecified atom stereocenters. The van der Waals surface area contributed by atoms with Gasteiger partial charge in [-0.05, 0) is 63.5 Å². The minimum Gasteiger partial charge on any atom is -0.466 e. The molecule has 0 atom stereocenters. The Labute approximate surface area is 160 Å². The number of ether oxygens (including phenoxy) is 1. The third kappa shape index (κ3) is 7.02. The monoisotopic (exact) mass is 375 g/mol. The van der Waals surface area contributed by atoms with Gasteiger partial charge in [0.15, 0.2) is 0 Å². The molecule has 0 aliphatic carbocycles. The number of amides is 2. The number of esters is 1. The van der Waals surface area contributed by atoms with Crippen LogP contribution >= 0.6 is 0 Å². The first-order chi connectivity index (χ1) is 13.0. The molecule has 1 saturated heterocycles. The van der Waals surface area contributed by atoms with Crippen LogP contribution in [0.4, 0.5) is 11.4 Å². The third-order valence-electron chi connectivity index (χ3n) is 4.50. The number of rotatable bonds is 8. The van der Waals surface area contributed by atoms with Gasteiger partial charge in [0, 0.05) is 17.8 Å². The number of hydrogen-bond donors (Lipinski definition) is 2. The highest BCUT2D eigenvalue weighted by atomic mass is 16.5. The molecular formula is C20H29N3O4. The van der Waals surface area contributed by atoms with Crippen LogP contribution in [0.1, 0.15) is 39.5 Å². The van der Waals surface area contributed by atoms with E-state index in [2.05, 4.69) is 10.6 Å². The zero-order valence-corrected chi connectivity index (χ0v) is 16.1. The molecule has 1 heterocycles. The van der Waals surface area contributed by atoms with Gasteiger partial charge in [-0.1, -0.05) is 6.92 Å². The Hall–Kier alpha value is -2.41. The standard InChI is InChI=1S/C20H29N3O4/c1-3-5-18(24)21-16-6-8-17(9-7-16)22-19(25)14-23-12-10-15(11-13-23)20(26)27-4-2/h6-9,15H,3-5,10-14H2,1-2H3,(H,21,24)(H,22,25). The fraction of sp³-hybridized carbons (Fsp3) is 0.550. The number of carbonyl (C=O) groups is 3. The summed E-state index contributed by atoms with van der Waals surface area (Å²) in [6.07, 6.45) is 2.74. The van der Waals surface area contributed by atoms with Gasteiger partial charge >= 0.3 is 5.97 Å². The van der Waals surface area contributed by atoms with E-state index in [4.69, 9.17) is 4.74 Å². The summed E-state index contributed by atoms with van der Waals surface area (Å²) in [6, 6.07) is 7.08. The molecule has 7 heteroatoms. The molecule has 148 valence electrons. The Morgan fingerprint density at radius 3 is 2.07 bits per heavy atom. The van der Waals surface area contributed by atoms with E-state index in [-0.39, 0.29) is 23.7 Å². The summed E-state index contributed by atoms with van der Waals surface area (Å²) in [5.74, 6) is -0.291. The number of piperidine rings is 1. The summed E-state index contributed by atoms with van der Waals surface area (Å²) in [5, 5.41) is 5.68. The van der Waals surface area contributed by atoms with Gasteiger partial charge in [-0.15, -0.1) is 0 Å². The molecule has 1 aromatic rings. The van der Waals surface area contributed by atoms with Crippen molar-refractivity contribution in [1.29, 1.82) is 0 Å². The van der Waals surface area contributed by atoms with E-state index in [1.54, 1.807) is 24.3 Å². The molecule has 0 aromatic heterocycles. The van der Waals surface area contributed by atoms with Crippen molar-refractivity contribution >= 4 is 29.2 Å². The highest BCUT2D eigenvalue weighted by Gasteiger charge is 2.26. The topological polar surface area (TPSA) is 87.7 Å². The van der Waals surface area contributed by atoms with Crippen molar-refractivity contribution in [3.05, 3.63) is 24.3 Å². The van der Waals surface area contributed by atoms with Crippen molar-refractivity contribution in [1.82, 2.24) is 4.90 Å². The fourth-order valence-electron chi connectivity index (χ4n) is 3.08. The maximum atomic E-state index is 12.2. The van der Waals surface area contributed by atoms with Gasteiger partial charge in [0.05, 0.1) is 19.1 Å². The number of carbonyl (C=O) groups excluding carboxylic acids is 3. The third-order valence-corrected chi connectivity index (χ3v) is 4.50. The van der Waals surface area contributed by atoms with E-state index >= 15 is 0 Å². The van der Waals surface area contributed by atoms with Crippen LogP contribution in [0.5, 0.6) is 0 Å². The molecule has 1 fully saturated rings. The maximum Gasteiger partial charge on any atom is 0.309 e. The molecule has 1 aliphatic rings. The van der Waals surface area contributed by atoms with E-state index in [0.717, 1.165) is 19.3 Å². The van der Waals surface area contributed by atoms with E-state index in [9.17, 15) is 14.4 Å². The van der Waals surface area contributed by atoms with Crippen LogP contribution in [0.3, 0.4) is 0 Å². The van der Waals surface area contributed by atoms with Gasteiger partial charge in [0.1, 0.15) is 0 Å². The highest BCUT2D eigenvalue weighted by molar-refractivity contribution is 5.93. The molecule has 2 N–H and O–H groups in total. The molecule has 1 aromatic carbocycles. The van der Waals surface area contributed by atoms with Crippen LogP contribution in [0.15, 0.2) is 24.3 Å². The van der Waals surface area contributed by atoms with Crippen LogP contribution in [-0.2, 0) is 19.1 Å². The smallest absolute Gasteiger partial charge is 0.309 e. The molecular weight excluding hydrogens is 346 g/mol. The van der Waals surface area contributed by atoms with E-state index in [1.807, 2.05) is 18.7 Å². The molecule has 7 nitrogen and oxygen atoms in total. The zero-order valence-electron chi connectivity index (χ0n) is 16.1. The fourth-order valence-corrected chi connectivity index (χ4v) is 3.08. The van der Waals surface area contributed by atoms with Crippen LogP contribution < -0.4 is 10.6 Å². The molecule has 0 bridgehead atoms. The molecule has 0 spiro atoms. The minimum absolute atomic E-state index is 0.0134. The molecule has 1 aliphatic heterocycles. The van der Waals surface area contributed by atoms with Crippen molar-refractivity contribution in [2.75, 3.05) is 36.9 Å². The van der Waals surface area contributed by atoms with Crippen molar-refractivity contribution < 1.29 is 19.1 Å². The average molecular weight is 375 g/mol. The SMILES string of the molecule is CCCC(=O)Nc1ccc(NC(=O)CN2CCC(C(=O)OCC)CC2)cc1. The molecule has 0 radical (unpaired) electrons. The van der Waals surface area contributed by atoms with Gasteiger partial charge in [-0.2, -0.15) is 0 Å². The Bertz CT molecular complexity index is 637. The summed E-state index contributed by atoms with van der Waals surface area (Å²) in [7, 11) is 0. The number of nitrogens with one attached hydrogen (secondary N) is 2. The van der Waals surface area contributed by atoms with Crippen molar-refractivity contribution in [2.45, 2.75) is 39.5 Å². The number of hydrogen-bond acceptors (Lipinski definition) is 5. The first kappa shape index (κ1) is 20.9. The lowest BCUT2D eigenvalue weighted by Gasteiger charge is -2.30. The van der Waals surface area contributed by atoms with Gasteiger partial charge in [-0.25, -0.2) is 0 Å². The first-order valence-corrected chi connectivity index (χ1v) is 9.60. The zero-order chi connectivity index (χ0) is 19.6. The first-order valence-electron chi connectivity index (χ1n) is 9.60. The summed E-state index contributed by atoms with van der Waals surface area (Å²) in [4.78, 5) is 37.6. The van der Waals surface area contributed by atoms with Crippen molar-refractivity contribution in [3.8, 4) is 0 Å². The Kier molecular flexibility index (Phi) is 8.26. The van der Waals surface area contributed by atoms with Gasteiger partial charge < -0.3 is 15.4 Å². The minimum atomic E-state index is -0.132. The summed E-state index contributed by atoms with van der Waals surface area (Å²) in [5.41, 5.74) is 1.40. The van der Waals surface area contributed by atoms with Crippen molar-refractivity contribution in [2.24, 2.45) is 5.92 Å². The number of nitrogens with zero attached hydrogens (tertiary/aromatic N) is 1. The number of anilines is 2. The second-order valence-electron chi connectivity index (χ2n) is 6.73. The predicted octanol–water partition coefficient (Wildman–Crippen LogP) is 2.64. The largest absolute Gasteiger partial charge is 0.466 e. The lowest BCUT2D eigenvalue weighted by atomic mass is 9.97. The highest BCUT2D eigenvalue weighted by Crippen LogP contribution is 2.19. The summed E-state index contributed by atoms with van der Waals surface area (Å²) in [6.45, 7) is 5.88. The van der Waals surface area contributed by atoms with Gasteiger partial charge in [-0.3, -0.25) is 19.3 Å². The summed E-state index contributed by atoms with van der Waals surface area (Å²) >= 11 is 0. The normalized spacial score (nSPS) is 15.2. The predicted molar refractivity (Wildman–Crippen MR) is 104 cm³/mol. The van der Waals surface area contributed by atoms with E-state index < -0.39 is 0 Å². The van der Waals surface area contributed by atoms with E-state index in [0.29, 0.717) is 44.0 Å². The molecule has 27 heavy (non-hydrogen) atoms. The second-order valence-corrected chi connectivity index (χ2v) is 6.73. The van der Waals surface area contributed by atoms with Crippen LogP contribution in [-0.4, -0.2) is 48.9 Å². The number of likely N-dealkylation sites (tertiary alicyclic amines) is 1. The van der Waals surface area contributed by atoms with Crippen molar-refractivity contribution in [3.63, 3.8) is 0 Å². The van der Waals surface area contributed by atoms with Crippen LogP contribution in [0.25, 0.3) is 0 Å². The maximum absolute atomic E-state index is 12.2. The second kappa shape index (κ2) is 10.7. The van der Waals surface area contributed by atoms with Gasteiger partial charge in [0.2, 0.25) is 11.8 Å².